The maximum absolute atomic E-state index is 14.2. The van der Waals surface area contributed by atoms with Gasteiger partial charge in [0, 0.05) is 30.0 Å². The van der Waals surface area contributed by atoms with Crippen LogP contribution < -0.4 is 10.6 Å². The fourth-order valence-electron chi connectivity index (χ4n) is 3.29. The van der Waals surface area contributed by atoms with Gasteiger partial charge in [-0.3, -0.25) is 14.4 Å². The molecule has 0 spiro atoms. The van der Waals surface area contributed by atoms with Crippen LogP contribution in [0.4, 0.5) is 14.5 Å². The fraction of sp³-hybridized carbons (Fsp3) is 0.250. The number of anilines is 1. The number of halogens is 3. The van der Waals surface area contributed by atoms with Crippen molar-refractivity contribution < 1.29 is 28.3 Å². The number of primary amides is 1. The summed E-state index contributed by atoms with van der Waals surface area (Å²) in [4.78, 5) is 37.5. The number of carbonyl (C=O) groups is 3. The zero-order valence-electron chi connectivity index (χ0n) is 15.1. The second-order valence-electron chi connectivity index (χ2n) is 6.80. The monoisotopic (exact) mass is 422 g/mol. The fourth-order valence-corrected chi connectivity index (χ4v) is 3.53. The quantitative estimate of drug-likeness (QED) is 0.698. The number of nitrogens with zero attached hydrogens (tertiary/aromatic N) is 1. The van der Waals surface area contributed by atoms with Crippen molar-refractivity contribution in [1.82, 2.24) is 0 Å². The lowest BCUT2D eigenvalue weighted by molar-refractivity contribution is -0.147. The number of amides is 2. The highest BCUT2D eigenvalue weighted by Gasteiger charge is 2.51. The van der Waals surface area contributed by atoms with Crippen LogP contribution in [0.3, 0.4) is 0 Å². The number of aliphatic hydroxyl groups is 1. The highest BCUT2D eigenvalue weighted by atomic mass is 35.5. The minimum Gasteiger partial charge on any atom is -0.373 e. The van der Waals surface area contributed by atoms with E-state index < -0.39 is 34.8 Å². The molecule has 1 atom stereocenters. The second-order valence-corrected chi connectivity index (χ2v) is 7.23. The Morgan fingerprint density at radius 3 is 2.59 bits per heavy atom. The molecule has 1 aliphatic rings. The predicted octanol–water partition coefficient (Wildman–Crippen LogP) is 2.39. The molecule has 29 heavy (non-hydrogen) atoms. The van der Waals surface area contributed by atoms with Crippen LogP contribution in [0, 0.1) is 11.6 Å². The summed E-state index contributed by atoms with van der Waals surface area (Å²) in [5, 5.41) is 10.8. The molecule has 0 radical (unpaired) electrons. The molecule has 0 saturated carbocycles. The first-order chi connectivity index (χ1) is 13.6. The third-order valence-electron chi connectivity index (χ3n) is 4.84. The van der Waals surface area contributed by atoms with Gasteiger partial charge >= 0.3 is 0 Å². The van der Waals surface area contributed by atoms with Crippen molar-refractivity contribution in [2.75, 3.05) is 11.4 Å². The molecule has 0 unspecified atom stereocenters. The van der Waals surface area contributed by atoms with Gasteiger partial charge in [0.25, 0.3) is 5.91 Å². The van der Waals surface area contributed by atoms with Crippen molar-refractivity contribution in [3.8, 4) is 0 Å². The summed E-state index contributed by atoms with van der Waals surface area (Å²) in [7, 11) is 0. The van der Waals surface area contributed by atoms with Crippen LogP contribution in [0.2, 0.25) is 5.02 Å². The first-order valence-corrected chi connectivity index (χ1v) is 9.11. The standard InChI is InChI=1S/C20H17ClF2N2O4/c21-13-7-11(8-14(22)10-13)1-4-17(26)20(29)5-6-25(19(20)28)16-9-12(18(24)27)2-3-15(16)23/h2-3,7-10,29H,1,4-6H2,(H2,24,27)/t20-/m0/s1. The van der Waals surface area contributed by atoms with Crippen LogP contribution in [0.15, 0.2) is 36.4 Å². The number of nitrogens with two attached hydrogens (primary N) is 1. The van der Waals surface area contributed by atoms with Crippen LogP contribution in [0.1, 0.15) is 28.8 Å². The zero-order chi connectivity index (χ0) is 21.3. The molecule has 3 rings (SSSR count). The van der Waals surface area contributed by atoms with E-state index in [0.29, 0.717) is 5.56 Å². The lowest BCUT2D eigenvalue weighted by Gasteiger charge is -2.22. The van der Waals surface area contributed by atoms with Crippen molar-refractivity contribution in [1.29, 1.82) is 0 Å². The summed E-state index contributed by atoms with van der Waals surface area (Å²) in [6.07, 6.45) is -0.411. The molecular weight excluding hydrogens is 406 g/mol. The molecule has 0 aromatic heterocycles. The van der Waals surface area contributed by atoms with Gasteiger partial charge in [-0.15, -0.1) is 0 Å². The number of benzene rings is 2. The SMILES string of the molecule is NC(=O)c1ccc(F)c(N2CC[C@](O)(C(=O)CCc3cc(F)cc(Cl)c3)C2=O)c1. The summed E-state index contributed by atoms with van der Waals surface area (Å²) < 4.78 is 27.6. The summed E-state index contributed by atoms with van der Waals surface area (Å²) in [5.74, 6) is -3.92. The van der Waals surface area contributed by atoms with Gasteiger partial charge in [-0.1, -0.05) is 11.6 Å². The smallest absolute Gasteiger partial charge is 0.266 e. The van der Waals surface area contributed by atoms with Crippen molar-refractivity contribution in [3.63, 3.8) is 0 Å². The number of rotatable bonds is 6. The molecule has 1 saturated heterocycles. The van der Waals surface area contributed by atoms with Gasteiger partial charge in [-0.2, -0.15) is 0 Å². The van der Waals surface area contributed by atoms with E-state index in [0.717, 1.165) is 23.1 Å². The molecule has 3 N–H and O–H groups in total. The molecule has 1 aliphatic heterocycles. The number of hydrogen-bond acceptors (Lipinski definition) is 4. The summed E-state index contributed by atoms with van der Waals surface area (Å²) in [6, 6.07) is 7.05. The Labute approximate surface area is 169 Å². The lowest BCUT2D eigenvalue weighted by Crippen LogP contribution is -2.47. The molecule has 1 fully saturated rings. The second kappa shape index (κ2) is 7.88. The van der Waals surface area contributed by atoms with Gasteiger partial charge in [0.05, 0.1) is 5.69 Å². The molecule has 1 heterocycles. The van der Waals surface area contributed by atoms with Crippen LogP contribution in [-0.4, -0.2) is 34.8 Å². The van der Waals surface area contributed by atoms with Gasteiger partial charge in [0.1, 0.15) is 11.6 Å². The average Bonchev–Trinajstić information content (AvgIpc) is 2.95. The number of carbonyl (C=O) groups excluding carboxylic acids is 3. The van der Waals surface area contributed by atoms with Crippen LogP contribution in [-0.2, 0) is 16.0 Å². The van der Waals surface area contributed by atoms with Gasteiger partial charge in [-0.05, 0) is 48.4 Å². The molecule has 2 aromatic carbocycles. The Morgan fingerprint density at radius 1 is 1.21 bits per heavy atom. The Balaban J connectivity index is 1.77. The highest BCUT2D eigenvalue weighted by Crippen LogP contribution is 2.32. The maximum Gasteiger partial charge on any atom is 0.266 e. The normalized spacial score (nSPS) is 18.9. The summed E-state index contributed by atoms with van der Waals surface area (Å²) in [5.41, 5.74) is 3.03. The predicted molar refractivity (Wildman–Crippen MR) is 102 cm³/mol. The van der Waals surface area contributed by atoms with Crippen molar-refractivity contribution in [3.05, 3.63) is 64.2 Å². The van der Waals surface area contributed by atoms with E-state index in [1.165, 1.54) is 18.2 Å². The van der Waals surface area contributed by atoms with E-state index in [2.05, 4.69) is 0 Å². The highest BCUT2D eigenvalue weighted by molar-refractivity contribution is 6.30. The van der Waals surface area contributed by atoms with Gasteiger partial charge < -0.3 is 15.7 Å². The third-order valence-corrected chi connectivity index (χ3v) is 5.06. The van der Waals surface area contributed by atoms with Crippen molar-refractivity contribution in [2.24, 2.45) is 5.73 Å². The number of aryl methyl sites for hydroxylation is 1. The van der Waals surface area contributed by atoms with Crippen molar-refractivity contribution >= 4 is 34.9 Å². The third kappa shape index (κ3) is 4.13. The van der Waals surface area contributed by atoms with E-state index in [-0.39, 0.29) is 42.1 Å². The average molecular weight is 423 g/mol. The van der Waals surface area contributed by atoms with Gasteiger partial charge in [-0.25, -0.2) is 8.78 Å². The molecule has 6 nitrogen and oxygen atoms in total. The lowest BCUT2D eigenvalue weighted by atomic mass is 9.92. The minimum absolute atomic E-state index is 0.0149. The molecule has 2 aromatic rings. The molecular formula is C20H17ClF2N2O4. The number of Topliss-reactive ketones (excluding diaryl/α,β-unsaturated/α-hetero) is 1. The van der Waals surface area contributed by atoms with E-state index >= 15 is 0 Å². The Hall–Kier alpha value is -2.84. The van der Waals surface area contributed by atoms with E-state index in [9.17, 15) is 28.3 Å². The molecule has 9 heteroatoms. The molecule has 2 amide bonds. The van der Waals surface area contributed by atoms with Gasteiger partial charge in [0.2, 0.25) is 11.5 Å². The van der Waals surface area contributed by atoms with E-state index in [4.69, 9.17) is 17.3 Å². The Bertz CT molecular complexity index is 994. The first kappa shape index (κ1) is 20.9. The minimum atomic E-state index is -2.33. The zero-order valence-corrected chi connectivity index (χ0v) is 15.9. The Kier molecular flexibility index (Phi) is 5.68. The van der Waals surface area contributed by atoms with E-state index in [1.807, 2.05) is 0 Å². The number of ketones is 1. The number of hydrogen-bond donors (Lipinski definition) is 2. The van der Waals surface area contributed by atoms with E-state index in [1.54, 1.807) is 0 Å². The van der Waals surface area contributed by atoms with Crippen molar-refractivity contribution in [2.45, 2.75) is 24.9 Å². The molecule has 0 aliphatic carbocycles. The maximum atomic E-state index is 14.2. The van der Waals surface area contributed by atoms with Crippen LogP contribution in [0.5, 0.6) is 0 Å². The largest absolute Gasteiger partial charge is 0.373 e. The summed E-state index contributed by atoms with van der Waals surface area (Å²) in [6.45, 7) is -0.119. The molecule has 0 bridgehead atoms. The Morgan fingerprint density at radius 2 is 1.93 bits per heavy atom. The van der Waals surface area contributed by atoms with Crippen LogP contribution in [0.25, 0.3) is 0 Å². The molecule has 152 valence electrons. The first-order valence-electron chi connectivity index (χ1n) is 8.74. The van der Waals surface area contributed by atoms with Crippen LogP contribution >= 0.6 is 11.6 Å². The topological polar surface area (TPSA) is 101 Å². The summed E-state index contributed by atoms with van der Waals surface area (Å²) >= 11 is 5.78. The van der Waals surface area contributed by atoms with Gasteiger partial charge in [0.15, 0.2) is 5.78 Å².